The average Bonchev–Trinajstić information content (AvgIpc) is 3.56. The Balaban J connectivity index is 1.46. The van der Waals surface area contributed by atoms with Gasteiger partial charge >= 0.3 is 0 Å². The molecule has 1 atom stereocenters. The molecule has 1 amide bonds. The van der Waals surface area contributed by atoms with Crippen LogP contribution in [0.15, 0.2) is 77.8 Å². The minimum absolute atomic E-state index is 0.0641. The van der Waals surface area contributed by atoms with Crippen molar-refractivity contribution in [1.29, 1.82) is 0 Å². The summed E-state index contributed by atoms with van der Waals surface area (Å²) in [5, 5.41) is 0. The molecular weight excluding hydrogens is 611 g/mol. The molecule has 0 saturated heterocycles. The molecule has 0 fully saturated rings. The van der Waals surface area contributed by atoms with Gasteiger partial charge in [0.1, 0.15) is 6.61 Å². The molecule has 1 aliphatic heterocycles. The number of carbonyl (C=O) groups is 1. The molecule has 10 heteroatoms. The number of fused-ring (bicyclic) bond motifs is 4. The summed E-state index contributed by atoms with van der Waals surface area (Å²) in [6, 6.07) is 17.4. The van der Waals surface area contributed by atoms with Crippen LogP contribution in [-0.4, -0.2) is 46.8 Å². The molecule has 9 nitrogen and oxygen atoms in total. The summed E-state index contributed by atoms with van der Waals surface area (Å²) in [5.41, 5.74) is 6.60. The second-order valence-electron chi connectivity index (χ2n) is 13.6. The highest BCUT2D eigenvalue weighted by atomic mass is 32.2. The third kappa shape index (κ3) is 7.38. The van der Waals surface area contributed by atoms with Gasteiger partial charge in [-0.05, 0) is 91.5 Å². The zero-order chi connectivity index (χ0) is 33.3. The van der Waals surface area contributed by atoms with E-state index in [4.69, 9.17) is 9.72 Å². The molecule has 0 spiro atoms. The number of rotatable bonds is 5. The van der Waals surface area contributed by atoms with Crippen molar-refractivity contribution >= 4 is 27.5 Å². The maximum absolute atomic E-state index is 14.4. The van der Waals surface area contributed by atoms with Crippen LogP contribution in [0.2, 0.25) is 0 Å². The first-order valence-electron chi connectivity index (χ1n) is 16.0. The van der Waals surface area contributed by atoms with Crippen molar-refractivity contribution in [3.05, 3.63) is 101 Å². The number of ether oxygens (including phenoxy) is 1. The number of anilines is 1. The van der Waals surface area contributed by atoms with Crippen LogP contribution in [0.25, 0.3) is 16.8 Å². The fourth-order valence-electron chi connectivity index (χ4n) is 6.36. The summed E-state index contributed by atoms with van der Waals surface area (Å²) in [6.07, 6.45) is 8.03. The summed E-state index contributed by atoms with van der Waals surface area (Å²) in [6.45, 7) is 10.7. The first-order valence-corrected chi connectivity index (χ1v) is 17.5. The molecule has 1 N–H and O–H groups in total. The van der Waals surface area contributed by atoms with E-state index in [0.717, 1.165) is 47.2 Å². The summed E-state index contributed by atoms with van der Waals surface area (Å²) in [7, 11) is -4.15. The van der Waals surface area contributed by atoms with Gasteiger partial charge in [0.2, 0.25) is 11.8 Å². The first-order chi connectivity index (χ1) is 22.4. The number of benzene rings is 2. The third-order valence-corrected chi connectivity index (χ3v) is 9.92. The lowest BCUT2D eigenvalue weighted by molar-refractivity contribution is 0.0509. The van der Waals surface area contributed by atoms with Crippen molar-refractivity contribution in [3.63, 3.8) is 0 Å². The minimum Gasteiger partial charge on any atom is -0.475 e. The van der Waals surface area contributed by atoms with Gasteiger partial charge in [-0.2, -0.15) is 4.98 Å². The molecule has 0 radical (unpaired) electrons. The van der Waals surface area contributed by atoms with E-state index in [-0.39, 0.29) is 46.8 Å². The molecule has 47 heavy (non-hydrogen) atoms. The number of amides is 1. The molecule has 1 aliphatic carbocycles. The van der Waals surface area contributed by atoms with Crippen molar-refractivity contribution in [1.82, 2.24) is 19.9 Å². The number of pyridine rings is 1. The fourth-order valence-corrected chi connectivity index (χ4v) is 7.35. The predicted octanol–water partition coefficient (Wildman–Crippen LogP) is 7.36. The molecule has 2 aliphatic rings. The van der Waals surface area contributed by atoms with Gasteiger partial charge in [0, 0.05) is 23.4 Å². The Morgan fingerprint density at radius 3 is 2.43 bits per heavy atom. The fraction of sp³-hybridized carbons (Fsp3) is 0.351. The number of hydrogen-bond acceptors (Lipinski definition) is 7. The molecule has 244 valence electrons. The number of aromatic nitrogens is 3. The molecule has 3 heterocycles. The molecule has 0 saturated carbocycles. The lowest BCUT2D eigenvalue weighted by Crippen LogP contribution is -2.45. The maximum Gasteiger partial charge on any atom is 0.264 e. The van der Waals surface area contributed by atoms with Gasteiger partial charge in [-0.25, -0.2) is 18.1 Å². The number of sulfonamides is 1. The number of aryl methyl sites for hydroxylation is 2. The van der Waals surface area contributed by atoms with E-state index in [2.05, 4.69) is 47.6 Å². The summed E-state index contributed by atoms with van der Waals surface area (Å²) >= 11 is 0. The van der Waals surface area contributed by atoms with E-state index >= 15 is 0 Å². The molecule has 4 aromatic rings. The largest absolute Gasteiger partial charge is 0.475 e. The third-order valence-electron chi connectivity index (χ3n) is 8.60. The van der Waals surface area contributed by atoms with Gasteiger partial charge in [0.05, 0.1) is 28.9 Å². The Hall–Kier alpha value is -4.57. The number of nitrogens with one attached hydrogen (secondary N) is 1. The zero-order valence-corrected chi connectivity index (χ0v) is 28.4. The van der Waals surface area contributed by atoms with Crippen LogP contribution in [-0.2, 0) is 16.6 Å². The summed E-state index contributed by atoms with van der Waals surface area (Å²) in [4.78, 5) is 29.9. The molecule has 2 aromatic carbocycles. The van der Waals surface area contributed by atoms with E-state index in [0.29, 0.717) is 12.1 Å². The Morgan fingerprint density at radius 1 is 0.979 bits per heavy atom. The Labute approximate surface area is 277 Å². The second kappa shape index (κ2) is 12.9. The van der Waals surface area contributed by atoms with Gasteiger partial charge in [0.15, 0.2) is 0 Å². The number of nitrogens with zero attached hydrogens (tertiary/aromatic N) is 4. The standard InChI is InChI=1S/C37H41N5O4S/c1-24-10-8-11-25(2)34(24)32-19-33-40-36(39-32)41-47(44,45)31-15-9-14-27(18-31)35(43)42(30(23-46-33)20-37(3,4)5)22-29-17-16-28(21-38-29)26-12-6-7-13-26/h8-12,14-19,21,30H,6-7,13,20,22-23H2,1-5H3,(H,39,40,41)/t30-/m1/s1. The van der Waals surface area contributed by atoms with Gasteiger partial charge < -0.3 is 9.64 Å². The van der Waals surface area contributed by atoms with Gasteiger partial charge in [-0.15, -0.1) is 0 Å². The predicted molar refractivity (Wildman–Crippen MR) is 183 cm³/mol. The van der Waals surface area contributed by atoms with E-state index in [1.807, 2.05) is 44.3 Å². The van der Waals surface area contributed by atoms with Crippen molar-refractivity contribution in [2.45, 2.75) is 77.8 Å². The van der Waals surface area contributed by atoms with Crippen LogP contribution in [0.3, 0.4) is 0 Å². The first kappa shape index (κ1) is 32.4. The summed E-state index contributed by atoms with van der Waals surface area (Å²) < 4.78 is 36.2. The highest BCUT2D eigenvalue weighted by Gasteiger charge is 2.32. The molecule has 6 rings (SSSR count). The van der Waals surface area contributed by atoms with Crippen molar-refractivity contribution in [3.8, 4) is 17.1 Å². The number of carbonyl (C=O) groups excluding carboxylic acids is 1. The lowest BCUT2D eigenvalue weighted by atomic mass is 9.87. The monoisotopic (exact) mass is 651 g/mol. The van der Waals surface area contributed by atoms with Crippen LogP contribution in [0.1, 0.15) is 79.2 Å². The SMILES string of the molecule is Cc1cccc(C)c1-c1cc2nc(n1)NS(=O)(=O)c1cccc(c1)C(=O)N(Cc1ccc(C3=CCCC3)cn1)[C@H](CC(C)(C)C)CO2. The highest BCUT2D eigenvalue weighted by molar-refractivity contribution is 7.92. The Morgan fingerprint density at radius 2 is 1.74 bits per heavy atom. The Bertz CT molecular complexity index is 1930. The van der Waals surface area contributed by atoms with Gasteiger partial charge in [0.25, 0.3) is 15.9 Å². The van der Waals surface area contributed by atoms with Crippen LogP contribution < -0.4 is 9.46 Å². The number of hydrogen-bond donors (Lipinski definition) is 1. The van der Waals surface area contributed by atoms with E-state index < -0.39 is 16.1 Å². The Kier molecular flexibility index (Phi) is 8.89. The van der Waals surface area contributed by atoms with Crippen LogP contribution in [0, 0.1) is 19.3 Å². The lowest BCUT2D eigenvalue weighted by Gasteiger charge is -2.35. The van der Waals surface area contributed by atoms with Gasteiger partial charge in [-0.1, -0.05) is 57.2 Å². The minimum atomic E-state index is -4.15. The van der Waals surface area contributed by atoms with Crippen molar-refractivity contribution in [2.24, 2.45) is 5.41 Å². The molecule has 0 unspecified atom stereocenters. The zero-order valence-electron chi connectivity index (χ0n) is 27.6. The summed E-state index contributed by atoms with van der Waals surface area (Å²) in [5.74, 6) is -0.209. The average molecular weight is 652 g/mol. The van der Waals surface area contributed by atoms with Crippen LogP contribution in [0.5, 0.6) is 5.88 Å². The maximum atomic E-state index is 14.4. The smallest absolute Gasteiger partial charge is 0.264 e. The van der Waals surface area contributed by atoms with Crippen molar-refractivity contribution < 1.29 is 17.9 Å². The topological polar surface area (TPSA) is 114 Å². The molecule has 2 aromatic heterocycles. The van der Waals surface area contributed by atoms with Crippen LogP contribution >= 0.6 is 0 Å². The van der Waals surface area contributed by atoms with Gasteiger partial charge in [-0.3, -0.25) is 9.78 Å². The highest BCUT2D eigenvalue weighted by Crippen LogP contribution is 2.32. The van der Waals surface area contributed by atoms with E-state index in [1.54, 1.807) is 23.1 Å². The quantitative estimate of drug-likeness (QED) is 0.240. The van der Waals surface area contributed by atoms with Crippen molar-refractivity contribution in [2.75, 3.05) is 11.3 Å². The van der Waals surface area contributed by atoms with E-state index in [1.165, 1.54) is 17.7 Å². The molecule has 4 bridgehead atoms. The van der Waals surface area contributed by atoms with E-state index in [9.17, 15) is 13.2 Å². The second-order valence-corrected chi connectivity index (χ2v) is 15.3. The molecular formula is C37H41N5O4S. The number of allylic oxidation sites excluding steroid dienone is 2. The normalized spacial score (nSPS) is 17.9. The van der Waals surface area contributed by atoms with Crippen LogP contribution in [0.4, 0.5) is 5.95 Å².